The van der Waals surface area contributed by atoms with E-state index in [2.05, 4.69) is 5.32 Å². The average molecular weight is 450 g/mol. The molecular weight excluding hydrogens is 425 g/mol. The van der Waals surface area contributed by atoms with E-state index in [9.17, 15) is 9.36 Å². The second kappa shape index (κ2) is 10.4. The highest BCUT2D eigenvalue weighted by molar-refractivity contribution is 7.54. The van der Waals surface area contributed by atoms with Gasteiger partial charge in [-0.25, -0.2) is 0 Å². The second-order valence-corrected chi connectivity index (χ2v) is 9.17. The van der Waals surface area contributed by atoms with E-state index >= 15 is 0 Å². The summed E-state index contributed by atoms with van der Waals surface area (Å²) in [7, 11) is -3.68. The molecule has 0 saturated heterocycles. The minimum Gasteiger partial charge on any atom is -0.464 e. The maximum atomic E-state index is 13.6. The van der Waals surface area contributed by atoms with Crippen LogP contribution < -0.4 is 10.7 Å². The highest BCUT2D eigenvalue weighted by atomic mass is 35.5. The quantitative estimate of drug-likeness (QED) is 0.409. The third kappa shape index (κ3) is 5.20. The summed E-state index contributed by atoms with van der Waals surface area (Å²) in [6, 6.07) is 14.4. The number of rotatable bonds is 10. The van der Waals surface area contributed by atoms with Crippen molar-refractivity contribution in [3.8, 4) is 0 Å². The first-order valence-corrected chi connectivity index (χ1v) is 11.8. The van der Waals surface area contributed by atoms with E-state index in [1.165, 1.54) is 6.26 Å². The Labute approximate surface area is 180 Å². The fourth-order valence-electron chi connectivity index (χ4n) is 3.22. The molecule has 1 N–H and O–H groups in total. The maximum absolute atomic E-state index is 13.6. The molecule has 2 aromatic carbocycles. The first-order valence-electron chi connectivity index (χ1n) is 9.85. The van der Waals surface area contributed by atoms with Gasteiger partial charge in [-0.05, 0) is 50.1 Å². The molecule has 8 heteroatoms. The van der Waals surface area contributed by atoms with E-state index in [1.54, 1.807) is 38.1 Å². The zero-order valence-corrected chi connectivity index (χ0v) is 18.6. The zero-order valence-electron chi connectivity index (χ0n) is 17.0. The summed E-state index contributed by atoms with van der Waals surface area (Å²) in [4.78, 5) is 13.1. The smallest absolute Gasteiger partial charge is 0.352 e. The van der Waals surface area contributed by atoms with Gasteiger partial charge >= 0.3 is 7.60 Å². The zero-order chi connectivity index (χ0) is 21.6. The predicted molar refractivity (Wildman–Crippen MR) is 119 cm³/mol. The van der Waals surface area contributed by atoms with Crippen LogP contribution >= 0.6 is 19.2 Å². The Morgan fingerprint density at radius 3 is 2.40 bits per heavy atom. The second-order valence-electron chi connectivity index (χ2n) is 6.62. The van der Waals surface area contributed by atoms with Crippen molar-refractivity contribution in [2.75, 3.05) is 19.8 Å². The SMILES string of the molecule is CCOP(=O)(OCC)C(NCCc1ccc(Cl)cc1)c1coc2ccccc2c1=O. The van der Waals surface area contributed by atoms with E-state index < -0.39 is 13.4 Å². The van der Waals surface area contributed by atoms with Gasteiger partial charge in [0.2, 0.25) is 0 Å². The lowest BCUT2D eigenvalue weighted by Gasteiger charge is -2.27. The highest BCUT2D eigenvalue weighted by Crippen LogP contribution is 2.59. The minimum absolute atomic E-state index is 0.186. The van der Waals surface area contributed by atoms with Crippen LogP contribution in [0.15, 0.2) is 64.0 Å². The van der Waals surface area contributed by atoms with Crippen LogP contribution in [0.5, 0.6) is 0 Å². The Morgan fingerprint density at radius 2 is 1.73 bits per heavy atom. The van der Waals surface area contributed by atoms with Crippen molar-refractivity contribution in [1.29, 1.82) is 0 Å². The molecule has 0 spiro atoms. The summed E-state index contributed by atoms with van der Waals surface area (Å²) in [6.45, 7) is 4.29. The fraction of sp³-hybridized carbons (Fsp3) is 0.318. The molecule has 0 aliphatic rings. The molecule has 30 heavy (non-hydrogen) atoms. The number of hydrogen-bond donors (Lipinski definition) is 1. The number of fused-ring (bicyclic) bond motifs is 1. The first kappa shape index (κ1) is 22.7. The third-order valence-corrected chi connectivity index (χ3v) is 7.18. The van der Waals surface area contributed by atoms with Gasteiger partial charge in [-0.2, -0.15) is 0 Å². The molecule has 0 radical (unpaired) electrons. The number of benzene rings is 2. The van der Waals surface area contributed by atoms with Crippen LogP contribution in [0.1, 0.15) is 30.8 Å². The van der Waals surface area contributed by atoms with Crippen LogP contribution in [0, 0.1) is 0 Å². The van der Waals surface area contributed by atoms with Gasteiger partial charge in [0.1, 0.15) is 17.6 Å². The van der Waals surface area contributed by atoms with Gasteiger partial charge in [0.15, 0.2) is 5.43 Å². The highest BCUT2D eigenvalue weighted by Gasteiger charge is 2.38. The van der Waals surface area contributed by atoms with E-state index in [1.807, 2.05) is 24.3 Å². The molecule has 1 atom stereocenters. The molecule has 0 bridgehead atoms. The lowest BCUT2D eigenvalue weighted by Crippen LogP contribution is -2.29. The number of nitrogens with one attached hydrogen (secondary N) is 1. The lowest BCUT2D eigenvalue weighted by atomic mass is 10.1. The largest absolute Gasteiger partial charge is 0.464 e. The summed E-state index contributed by atoms with van der Waals surface area (Å²) in [5, 5.41) is 4.29. The van der Waals surface area contributed by atoms with Gasteiger partial charge in [-0.15, -0.1) is 0 Å². The summed E-state index contributed by atoms with van der Waals surface area (Å²) in [6.07, 6.45) is 1.99. The lowest BCUT2D eigenvalue weighted by molar-refractivity contribution is 0.207. The van der Waals surface area contributed by atoms with Crippen LogP contribution in [0.2, 0.25) is 5.02 Å². The minimum atomic E-state index is -3.68. The molecule has 0 fully saturated rings. The molecule has 0 saturated carbocycles. The molecule has 1 aromatic heterocycles. The Bertz CT molecular complexity index is 1070. The molecule has 3 rings (SSSR count). The molecule has 0 amide bonds. The van der Waals surface area contributed by atoms with Crippen LogP contribution in [-0.2, 0) is 20.0 Å². The Hall–Kier alpha value is -1.95. The van der Waals surface area contributed by atoms with Crippen molar-refractivity contribution in [2.24, 2.45) is 0 Å². The average Bonchev–Trinajstić information content (AvgIpc) is 2.74. The topological polar surface area (TPSA) is 77.8 Å². The molecule has 3 aromatic rings. The molecular formula is C22H25ClNO5P. The summed E-state index contributed by atoms with van der Waals surface area (Å²) in [5.74, 6) is -0.953. The van der Waals surface area contributed by atoms with Crippen molar-refractivity contribution >= 4 is 30.2 Å². The van der Waals surface area contributed by atoms with E-state index in [0.29, 0.717) is 29.0 Å². The third-order valence-electron chi connectivity index (χ3n) is 4.60. The molecule has 6 nitrogen and oxygen atoms in total. The van der Waals surface area contributed by atoms with Crippen LogP contribution in [0.25, 0.3) is 11.0 Å². The monoisotopic (exact) mass is 449 g/mol. The molecule has 0 aliphatic carbocycles. The first-order chi connectivity index (χ1) is 14.5. The van der Waals surface area contributed by atoms with Crippen LogP contribution in [-0.4, -0.2) is 19.8 Å². The molecule has 0 aliphatic heterocycles. The summed E-state index contributed by atoms with van der Waals surface area (Å²) >= 11 is 5.94. The van der Waals surface area contributed by atoms with Gasteiger partial charge in [0.25, 0.3) is 0 Å². The molecule has 1 heterocycles. The van der Waals surface area contributed by atoms with Gasteiger partial charge in [-0.3, -0.25) is 14.7 Å². The van der Waals surface area contributed by atoms with Gasteiger partial charge in [0.05, 0.1) is 24.2 Å². The van der Waals surface area contributed by atoms with Crippen molar-refractivity contribution in [3.05, 3.63) is 81.2 Å². The van der Waals surface area contributed by atoms with Crippen molar-refractivity contribution in [1.82, 2.24) is 5.32 Å². The number of para-hydroxylation sites is 1. The van der Waals surface area contributed by atoms with Gasteiger partial charge in [0, 0.05) is 11.6 Å². The Balaban J connectivity index is 1.95. The van der Waals surface area contributed by atoms with E-state index in [4.69, 9.17) is 25.1 Å². The normalized spacial score (nSPS) is 12.9. The van der Waals surface area contributed by atoms with E-state index in [0.717, 1.165) is 5.56 Å². The van der Waals surface area contributed by atoms with E-state index in [-0.39, 0.29) is 24.2 Å². The van der Waals surface area contributed by atoms with Crippen LogP contribution in [0.3, 0.4) is 0 Å². The Morgan fingerprint density at radius 1 is 1.07 bits per heavy atom. The molecule has 1 unspecified atom stereocenters. The van der Waals surface area contributed by atoms with Gasteiger partial charge < -0.3 is 13.5 Å². The van der Waals surface area contributed by atoms with Crippen molar-refractivity contribution in [2.45, 2.75) is 26.1 Å². The number of halogens is 1. The predicted octanol–water partition coefficient (Wildman–Crippen LogP) is 5.54. The summed E-state index contributed by atoms with van der Waals surface area (Å²) < 4.78 is 30.3. The van der Waals surface area contributed by atoms with Gasteiger partial charge in [-0.1, -0.05) is 35.9 Å². The standard InChI is InChI=1S/C22H25ClNO5P/c1-3-28-30(26,29-4-2)22(24-14-13-16-9-11-17(23)12-10-16)19-15-27-20-8-6-5-7-18(20)21(19)25/h5-12,15,22,24H,3-4,13-14H2,1-2H3. The fourth-order valence-corrected chi connectivity index (χ4v) is 5.31. The van der Waals surface area contributed by atoms with Crippen molar-refractivity contribution in [3.63, 3.8) is 0 Å². The molecule has 160 valence electrons. The van der Waals surface area contributed by atoms with Crippen LogP contribution in [0.4, 0.5) is 0 Å². The maximum Gasteiger partial charge on any atom is 0.352 e. The Kier molecular flexibility index (Phi) is 7.87. The van der Waals surface area contributed by atoms with Crippen molar-refractivity contribution < 1.29 is 18.0 Å². The number of hydrogen-bond acceptors (Lipinski definition) is 6. The summed E-state index contributed by atoms with van der Waals surface area (Å²) in [5.41, 5.74) is 1.48.